The molecule has 0 aliphatic carbocycles. The maximum Gasteiger partial charge on any atom is 0.254 e. The fourth-order valence-corrected chi connectivity index (χ4v) is 5.51. The van der Waals surface area contributed by atoms with Crippen molar-refractivity contribution in [2.24, 2.45) is 0 Å². The number of piperidine rings is 1. The number of amides is 1. The summed E-state index contributed by atoms with van der Waals surface area (Å²) >= 11 is 0. The van der Waals surface area contributed by atoms with Crippen LogP contribution in [0.5, 0.6) is 11.5 Å². The maximum atomic E-state index is 13.5. The van der Waals surface area contributed by atoms with E-state index in [0.717, 1.165) is 38.0 Å². The maximum absolute atomic E-state index is 13.5. The summed E-state index contributed by atoms with van der Waals surface area (Å²) in [6.07, 6.45) is 2.93. The molecule has 1 saturated heterocycles. The highest BCUT2D eigenvalue weighted by atomic mass is 32.2. The second kappa shape index (κ2) is 10.3. The minimum absolute atomic E-state index is 0.000946. The highest BCUT2D eigenvalue weighted by Gasteiger charge is 2.30. The summed E-state index contributed by atoms with van der Waals surface area (Å²) in [5.74, 6) is 1.28. The smallest absolute Gasteiger partial charge is 0.254 e. The van der Waals surface area contributed by atoms with Gasteiger partial charge < -0.3 is 19.3 Å². The lowest BCUT2D eigenvalue weighted by atomic mass is 10.0. The molecule has 0 bridgehead atoms. The molecule has 2 heterocycles. The summed E-state index contributed by atoms with van der Waals surface area (Å²) in [5, 5.41) is 0. The molecule has 2 aliphatic heterocycles. The molecule has 8 nitrogen and oxygen atoms in total. The normalized spacial score (nSPS) is 16.7. The Morgan fingerprint density at radius 3 is 2.44 bits per heavy atom. The Morgan fingerprint density at radius 2 is 1.74 bits per heavy atom. The monoisotopic (exact) mass is 487 g/mol. The zero-order valence-corrected chi connectivity index (χ0v) is 20.9. The number of sulfone groups is 1. The molecule has 0 atom stereocenters. The van der Waals surface area contributed by atoms with E-state index >= 15 is 0 Å². The van der Waals surface area contributed by atoms with Gasteiger partial charge in [-0.05, 0) is 56.8 Å². The number of ether oxygens (including phenoxy) is 2. The van der Waals surface area contributed by atoms with E-state index in [2.05, 4.69) is 9.80 Å². The van der Waals surface area contributed by atoms with Gasteiger partial charge in [0.05, 0.1) is 4.90 Å². The van der Waals surface area contributed by atoms with Gasteiger partial charge in [-0.1, -0.05) is 18.2 Å². The van der Waals surface area contributed by atoms with Crippen LogP contribution in [0, 0.1) is 0 Å². The molecule has 9 heteroatoms. The molecule has 1 amide bonds. The Labute approximate surface area is 202 Å². The molecule has 2 aliphatic rings. The zero-order valence-electron chi connectivity index (χ0n) is 20.1. The molecule has 0 N–H and O–H groups in total. The van der Waals surface area contributed by atoms with Crippen molar-refractivity contribution in [1.82, 2.24) is 14.7 Å². The van der Waals surface area contributed by atoms with Crippen LogP contribution in [0.2, 0.25) is 0 Å². The number of carbonyl (C=O) groups is 1. The van der Waals surface area contributed by atoms with E-state index in [1.165, 1.54) is 6.26 Å². The van der Waals surface area contributed by atoms with Crippen LogP contribution in [-0.4, -0.2) is 88.4 Å². The number of likely N-dealkylation sites (tertiary alicyclic amines) is 1. The van der Waals surface area contributed by atoms with E-state index in [9.17, 15) is 13.2 Å². The third-order valence-electron chi connectivity index (χ3n) is 6.43. The van der Waals surface area contributed by atoms with Crippen molar-refractivity contribution in [3.8, 4) is 11.5 Å². The summed E-state index contributed by atoms with van der Waals surface area (Å²) in [6, 6.07) is 12.7. The summed E-state index contributed by atoms with van der Waals surface area (Å²) < 4.78 is 35.2. The SMILES string of the molecule is CN(C)CCN(C(=O)c1ccc2c(c1)OCO2)C1CCN(Cc2ccccc2S(C)(=O)=O)CC1. The van der Waals surface area contributed by atoms with Gasteiger partial charge >= 0.3 is 0 Å². The molecular weight excluding hydrogens is 454 g/mol. The van der Waals surface area contributed by atoms with Gasteiger partial charge in [0.15, 0.2) is 21.3 Å². The van der Waals surface area contributed by atoms with E-state index < -0.39 is 9.84 Å². The van der Waals surface area contributed by atoms with Crippen LogP contribution in [0.25, 0.3) is 0 Å². The highest BCUT2D eigenvalue weighted by Crippen LogP contribution is 2.33. The number of hydrogen-bond donors (Lipinski definition) is 0. The van der Waals surface area contributed by atoms with Crippen molar-refractivity contribution < 1.29 is 22.7 Å². The average Bonchev–Trinajstić information content (AvgIpc) is 3.27. The first-order chi connectivity index (χ1) is 16.2. The molecule has 0 saturated carbocycles. The van der Waals surface area contributed by atoms with Gasteiger partial charge in [0, 0.05) is 50.6 Å². The summed E-state index contributed by atoms with van der Waals surface area (Å²) in [7, 11) is 0.736. The number of likely N-dealkylation sites (N-methyl/N-ethyl adjacent to an activating group) is 1. The van der Waals surface area contributed by atoms with Crippen molar-refractivity contribution in [2.45, 2.75) is 30.3 Å². The van der Waals surface area contributed by atoms with Gasteiger partial charge in [-0.2, -0.15) is 0 Å². The van der Waals surface area contributed by atoms with E-state index in [1.54, 1.807) is 30.3 Å². The molecule has 0 aromatic heterocycles. The fraction of sp³-hybridized carbons (Fsp3) is 0.480. The largest absolute Gasteiger partial charge is 0.454 e. The third-order valence-corrected chi connectivity index (χ3v) is 7.63. The topological polar surface area (TPSA) is 79.4 Å². The van der Waals surface area contributed by atoms with Gasteiger partial charge in [0.2, 0.25) is 6.79 Å². The Morgan fingerprint density at radius 1 is 1.03 bits per heavy atom. The summed E-state index contributed by atoms with van der Waals surface area (Å²) in [4.78, 5) is 20.2. The number of carbonyl (C=O) groups excluding carboxylic acids is 1. The molecule has 1 fully saturated rings. The third kappa shape index (κ3) is 5.71. The average molecular weight is 488 g/mol. The molecule has 2 aromatic carbocycles. The Hall–Kier alpha value is -2.62. The second-order valence-electron chi connectivity index (χ2n) is 9.26. The highest BCUT2D eigenvalue weighted by molar-refractivity contribution is 7.90. The first-order valence-corrected chi connectivity index (χ1v) is 13.5. The van der Waals surface area contributed by atoms with Crippen LogP contribution in [0.3, 0.4) is 0 Å². The lowest BCUT2D eigenvalue weighted by Gasteiger charge is -2.39. The molecule has 0 unspecified atom stereocenters. The number of rotatable bonds is 8. The quantitative estimate of drug-likeness (QED) is 0.566. The van der Waals surface area contributed by atoms with Crippen molar-refractivity contribution in [2.75, 3.05) is 53.3 Å². The lowest BCUT2D eigenvalue weighted by molar-refractivity contribution is 0.0547. The zero-order chi connectivity index (χ0) is 24.3. The van der Waals surface area contributed by atoms with Gasteiger partial charge in [-0.3, -0.25) is 9.69 Å². The fourth-order valence-electron chi connectivity index (χ4n) is 4.58. The first-order valence-electron chi connectivity index (χ1n) is 11.6. The van der Waals surface area contributed by atoms with E-state index in [1.807, 2.05) is 31.1 Å². The van der Waals surface area contributed by atoms with Crippen molar-refractivity contribution in [3.63, 3.8) is 0 Å². The minimum atomic E-state index is -3.27. The number of nitrogens with zero attached hydrogens (tertiary/aromatic N) is 3. The van der Waals surface area contributed by atoms with Gasteiger partial charge in [0.25, 0.3) is 5.91 Å². The van der Waals surface area contributed by atoms with Gasteiger partial charge in [-0.25, -0.2) is 8.42 Å². The van der Waals surface area contributed by atoms with Crippen molar-refractivity contribution in [1.29, 1.82) is 0 Å². The summed E-state index contributed by atoms with van der Waals surface area (Å²) in [5.41, 5.74) is 1.43. The molecule has 184 valence electrons. The predicted molar refractivity (Wildman–Crippen MR) is 130 cm³/mol. The molecule has 34 heavy (non-hydrogen) atoms. The first kappa shape index (κ1) is 24.5. The molecule has 0 spiro atoms. The van der Waals surface area contributed by atoms with Gasteiger partial charge in [0.1, 0.15) is 0 Å². The van der Waals surface area contributed by atoms with Gasteiger partial charge in [-0.15, -0.1) is 0 Å². The lowest BCUT2D eigenvalue weighted by Crippen LogP contribution is -2.49. The molecular formula is C25H33N3O5S. The molecule has 2 aromatic rings. The Balaban J connectivity index is 1.45. The van der Waals surface area contributed by atoms with Crippen LogP contribution >= 0.6 is 0 Å². The Bertz CT molecular complexity index is 1130. The van der Waals surface area contributed by atoms with Crippen LogP contribution in [0.15, 0.2) is 47.4 Å². The number of fused-ring (bicyclic) bond motifs is 1. The van der Waals surface area contributed by atoms with Crippen LogP contribution < -0.4 is 9.47 Å². The van der Waals surface area contributed by atoms with Crippen molar-refractivity contribution >= 4 is 15.7 Å². The van der Waals surface area contributed by atoms with Crippen molar-refractivity contribution in [3.05, 3.63) is 53.6 Å². The van der Waals surface area contributed by atoms with Crippen LogP contribution in [0.1, 0.15) is 28.8 Å². The molecule has 4 rings (SSSR count). The Kier molecular flexibility index (Phi) is 7.45. The van der Waals surface area contributed by atoms with E-state index in [0.29, 0.717) is 35.0 Å². The molecule has 0 radical (unpaired) electrons. The van der Waals surface area contributed by atoms with Crippen LogP contribution in [0.4, 0.5) is 0 Å². The van der Waals surface area contributed by atoms with Crippen LogP contribution in [-0.2, 0) is 16.4 Å². The standard InChI is InChI=1S/C25H33N3O5S/c1-26(2)14-15-28(25(29)19-8-9-22-23(16-19)33-18-32-22)21-10-12-27(13-11-21)17-20-6-4-5-7-24(20)34(3,30)31/h4-9,16,21H,10-15,17-18H2,1-3H3. The second-order valence-corrected chi connectivity index (χ2v) is 11.2. The summed E-state index contributed by atoms with van der Waals surface area (Å²) in [6.45, 7) is 3.79. The minimum Gasteiger partial charge on any atom is -0.454 e. The number of hydrogen-bond acceptors (Lipinski definition) is 7. The number of benzene rings is 2. The predicted octanol–water partition coefficient (Wildman–Crippen LogP) is 2.49. The van der Waals surface area contributed by atoms with E-state index in [4.69, 9.17) is 9.47 Å². The van der Waals surface area contributed by atoms with E-state index in [-0.39, 0.29) is 18.7 Å².